The van der Waals surface area contributed by atoms with E-state index in [1.165, 1.54) is 0 Å². The summed E-state index contributed by atoms with van der Waals surface area (Å²) in [6.45, 7) is 0.915. The molecular weight excluding hydrogens is 386 g/mol. The van der Waals surface area contributed by atoms with Crippen molar-refractivity contribution in [2.24, 2.45) is 5.92 Å². The van der Waals surface area contributed by atoms with E-state index in [0.29, 0.717) is 24.4 Å². The Morgan fingerprint density at radius 2 is 2.00 bits per heavy atom. The Kier molecular flexibility index (Phi) is 4.37. The van der Waals surface area contributed by atoms with Crippen molar-refractivity contribution >= 4 is 16.9 Å². The van der Waals surface area contributed by atoms with E-state index in [2.05, 4.69) is 42.8 Å². The Morgan fingerprint density at radius 1 is 1.10 bits per heavy atom. The van der Waals surface area contributed by atoms with Crippen molar-refractivity contribution in [1.82, 2.24) is 24.6 Å². The van der Waals surface area contributed by atoms with Crippen LogP contribution in [-0.2, 0) is 17.8 Å². The zero-order valence-corrected chi connectivity index (χ0v) is 17.3. The molecule has 0 aliphatic carbocycles. The van der Waals surface area contributed by atoms with Crippen LogP contribution in [0.4, 0.5) is 0 Å². The predicted molar refractivity (Wildman–Crippen MR) is 119 cm³/mol. The van der Waals surface area contributed by atoms with Gasteiger partial charge in [-0.25, -0.2) is 4.98 Å². The number of fused-ring (bicyclic) bond motifs is 3. The van der Waals surface area contributed by atoms with Gasteiger partial charge in [-0.3, -0.25) is 9.89 Å². The third kappa shape index (κ3) is 3.23. The Balaban J connectivity index is 1.20. The van der Waals surface area contributed by atoms with Crippen LogP contribution in [0.5, 0.6) is 0 Å². The van der Waals surface area contributed by atoms with E-state index in [-0.39, 0.29) is 5.91 Å². The molecule has 1 amide bonds. The molecule has 0 radical (unpaired) electrons. The van der Waals surface area contributed by atoms with Crippen molar-refractivity contribution in [2.75, 3.05) is 0 Å². The molecule has 2 aromatic heterocycles. The lowest BCUT2D eigenvalue weighted by Gasteiger charge is -2.25. The Bertz CT molecular complexity index is 1210. The highest BCUT2D eigenvalue weighted by molar-refractivity contribution is 5.82. The number of rotatable bonds is 5. The molecule has 156 valence electrons. The van der Waals surface area contributed by atoms with Gasteiger partial charge < -0.3 is 9.47 Å². The molecule has 0 saturated carbocycles. The molecule has 2 bridgehead atoms. The molecule has 6 heteroatoms. The lowest BCUT2D eigenvalue weighted by atomic mass is 9.89. The topological polar surface area (TPSA) is 66.8 Å². The summed E-state index contributed by atoms with van der Waals surface area (Å²) in [5.41, 5.74) is 5.43. The maximum absolute atomic E-state index is 13.1. The van der Waals surface area contributed by atoms with Crippen LogP contribution in [0.15, 0.2) is 67.3 Å². The minimum absolute atomic E-state index is 0.279. The molecule has 1 N–H and O–H groups in total. The smallest absolute Gasteiger partial charge is 0.227 e. The van der Waals surface area contributed by atoms with Gasteiger partial charge in [0, 0.05) is 30.4 Å². The van der Waals surface area contributed by atoms with Gasteiger partial charge in [0.05, 0.1) is 30.0 Å². The fraction of sp³-hybridized carbons (Fsp3) is 0.320. The highest BCUT2D eigenvalue weighted by Crippen LogP contribution is 2.43. The summed E-state index contributed by atoms with van der Waals surface area (Å²) in [4.78, 5) is 19.9. The van der Waals surface area contributed by atoms with Gasteiger partial charge in [0.2, 0.25) is 5.91 Å². The van der Waals surface area contributed by atoms with Gasteiger partial charge in [0.1, 0.15) is 0 Å². The molecule has 3 atom stereocenters. The summed E-state index contributed by atoms with van der Waals surface area (Å²) in [6, 6.07) is 17.2. The third-order valence-corrected chi connectivity index (χ3v) is 7.04. The lowest BCUT2D eigenvalue weighted by molar-refractivity contribution is -0.131. The molecule has 6 rings (SSSR count). The first-order chi connectivity index (χ1) is 15.3. The second kappa shape index (κ2) is 7.38. The largest absolute Gasteiger partial charge is 0.336 e. The molecular formula is C25H25N5O. The first-order valence-corrected chi connectivity index (χ1v) is 11.1. The van der Waals surface area contributed by atoms with E-state index in [4.69, 9.17) is 0 Å². The van der Waals surface area contributed by atoms with Crippen molar-refractivity contribution < 1.29 is 4.79 Å². The number of hydrogen-bond acceptors (Lipinski definition) is 3. The number of hydrogen-bond donors (Lipinski definition) is 1. The standard InChI is InChI=1S/C25H25N5O/c31-25(10-17-4-2-1-3-5-17)30-21-7-9-23(30)19(11-21)15-29-16-26-22-12-18(6-8-24(22)29)20-13-27-28-14-20/h1-6,8,12-14,16,19,21,23H,7,9-11,15H2,(H,27,28)/t19?,21?,23-/m0/s1. The SMILES string of the molecule is O=C(Cc1ccccc1)N1C2CC[C@H]1C(Cn1cnc3cc(-c4cn[nH]c4)ccc31)C2. The van der Waals surface area contributed by atoms with Crippen LogP contribution in [0.25, 0.3) is 22.2 Å². The molecule has 2 aliphatic rings. The van der Waals surface area contributed by atoms with E-state index in [0.717, 1.165) is 53.5 Å². The number of H-pyrrole nitrogens is 1. The minimum Gasteiger partial charge on any atom is -0.336 e. The quantitative estimate of drug-likeness (QED) is 0.539. The molecule has 6 nitrogen and oxygen atoms in total. The van der Waals surface area contributed by atoms with E-state index < -0.39 is 0 Å². The van der Waals surface area contributed by atoms with Crippen LogP contribution in [-0.4, -0.2) is 42.6 Å². The highest BCUT2D eigenvalue weighted by atomic mass is 16.2. The number of nitrogens with zero attached hydrogens (tertiary/aromatic N) is 4. The average molecular weight is 412 g/mol. The second-order valence-electron chi connectivity index (χ2n) is 8.85. The van der Waals surface area contributed by atoms with E-state index in [1.54, 1.807) is 0 Å². The van der Waals surface area contributed by atoms with Gasteiger partial charge >= 0.3 is 0 Å². The average Bonchev–Trinajstić information content (AvgIpc) is 3.58. The number of nitrogens with one attached hydrogen (secondary N) is 1. The summed E-state index contributed by atoms with van der Waals surface area (Å²) >= 11 is 0. The fourth-order valence-corrected chi connectivity index (χ4v) is 5.61. The first-order valence-electron chi connectivity index (χ1n) is 11.1. The summed E-state index contributed by atoms with van der Waals surface area (Å²) in [5, 5.41) is 6.90. The molecule has 4 heterocycles. The molecule has 2 fully saturated rings. The van der Waals surface area contributed by atoms with Crippen LogP contribution in [0.2, 0.25) is 0 Å². The monoisotopic (exact) mass is 411 g/mol. The molecule has 2 saturated heterocycles. The number of benzene rings is 2. The molecule has 31 heavy (non-hydrogen) atoms. The third-order valence-electron chi connectivity index (χ3n) is 7.04. The second-order valence-corrected chi connectivity index (χ2v) is 8.85. The van der Waals surface area contributed by atoms with Crippen molar-refractivity contribution in [3.63, 3.8) is 0 Å². The summed E-state index contributed by atoms with van der Waals surface area (Å²) < 4.78 is 2.26. The molecule has 0 spiro atoms. The van der Waals surface area contributed by atoms with Crippen molar-refractivity contribution in [3.8, 4) is 11.1 Å². The number of imidazole rings is 1. The van der Waals surface area contributed by atoms with Gasteiger partial charge in [-0.15, -0.1) is 0 Å². The zero-order chi connectivity index (χ0) is 20.8. The van der Waals surface area contributed by atoms with E-state index >= 15 is 0 Å². The van der Waals surface area contributed by atoms with Crippen molar-refractivity contribution in [1.29, 1.82) is 0 Å². The van der Waals surface area contributed by atoms with Gasteiger partial charge in [0.15, 0.2) is 0 Å². The number of carbonyl (C=O) groups excluding carboxylic acids is 1. The van der Waals surface area contributed by atoms with Gasteiger partial charge in [-0.2, -0.15) is 5.10 Å². The predicted octanol–water partition coefficient (Wildman–Crippen LogP) is 4.05. The van der Waals surface area contributed by atoms with Crippen molar-refractivity contribution in [3.05, 3.63) is 72.8 Å². The van der Waals surface area contributed by atoms with Gasteiger partial charge in [-0.1, -0.05) is 36.4 Å². The summed E-state index contributed by atoms with van der Waals surface area (Å²) in [6.07, 6.45) is 9.53. The molecule has 2 unspecified atom stereocenters. The Hall–Kier alpha value is -3.41. The van der Waals surface area contributed by atoms with Crippen LogP contribution >= 0.6 is 0 Å². The molecule has 2 aliphatic heterocycles. The summed E-state index contributed by atoms with van der Waals surface area (Å²) in [7, 11) is 0. The molecule has 2 aromatic carbocycles. The first kappa shape index (κ1) is 18.4. The number of amides is 1. The maximum Gasteiger partial charge on any atom is 0.227 e. The van der Waals surface area contributed by atoms with Crippen LogP contribution in [0.3, 0.4) is 0 Å². The van der Waals surface area contributed by atoms with Gasteiger partial charge in [0.25, 0.3) is 0 Å². The Labute approximate surface area is 180 Å². The zero-order valence-electron chi connectivity index (χ0n) is 17.3. The number of aromatic nitrogens is 4. The Morgan fingerprint density at radius 3 is 2.84 bits per heavy atom. The summed E-state index contributed by atoms with van der Waals surface area (Å²) in [5.74, 6) is 0.769. The highest BCUT2D eigenvalue weighted by Gasteiger charge is 2.48. The number of carbonyl (C=O) groups is 1. The van der Waals surface area contributed by atoms with Crippen LogP contribution < -0.4 is 0 Å². The van der Waals surface area contributed by atoms with Gasteiger partial charge in [-0.05, 0) is 48.4 Å². The van der Waals surface area contributed by atoms with E-state index in [1.807, 2.05) is 49.1 Å². The normalized spacial score (nSPS) is 22.5. The lowest BCUT2D eigenvalue weighted by Crippen LogP contribution is -2.38. The van der Waals surface area contributed by atoms with Crippen LogP contribution in [0, 0.1) is 5.92 Å². The minimum atomic E-state index is 0.279. The molecule has 4 aromatic rings. The van der Waals surface area contributed by atoms with E-state index in [9.17, 15) is 4.79 Å². The fourth-order valence-electron chi connectivity index (χ4n) is 5.61. The van der Waals surface area contributed by atoms with Crippen molar-refractivity contribution in [2.45, 2.75) is 44.3 Å². The van der Waals surface area contributed by atoms with Crippen LogP contribution in [0.1, 0.15) is 24.8 Å². The maximum atomic E-state index is 13.1. The number of aromatic amines is 1.